The fourth-order valence-electron chi connectivity index (χ4n) is 9.10. The number of fused-ring (bicyclic) bond motifs is 6. The van der Waals surface area contributed by atoms with E-state index in [4.69, 9.17) is 9.47 Å². The molecule has 3 saturated carbocycles. The zero-order valence-corrected chi connectivity index (χ0v) is 24.5. The number of carbonyl (C=O) groups excluding carboxylic acids is 2. The van der Waals surface area contributed by atoms with Gasteiger partial charge in [0.1, 0.15) is 12.4 Å². The van der Waals surface area contributed by atoms with Crippen molar-refractivity contribution in [2.24, 2.45) is 28.6 Å². The Bertz CT molecular complexity index is 1440. The first kappa shape index (κ1) is 28.6. The minimum absolute atomic E-state index is 0.0376. The molecular formula is C31H37FN2O6S. The summed E-state index contributed by atoms with van der Waals surface area (Å²) in [5.74, 6) is -0.866. The van der Waals surface area contributed by atoms with Gasteiger partial charge in [0.05, 0.1) is 30.3 Å². The van der Waals surface area contributed by atoms with Gasteiger partial charge in [0, 0.05) is 18.1 Å². The molecule has 0 spiro atoms. The van der Waals surface area contributed by atoms with Crippen LogP contribution in [0.15, 0.2) is 30.0 Å². The number of hydrogen-bond donors (Lipinski definition) is 3. The molecule has 0 amide bonds. The van der Waals surface area contributed by atoms with E-state index in [0.29, 0.717) is 31.4 Å². The van der Waals surface area contributed by atoms with Crippen LogP contribution in [0.1, 0.15) is 62.8 Å². The van der Waals surface area contributed by atoms with Crippen molar-refractivity contribution in [3.8, 4) is 5.69 Å². The zero-order chi connectivity index (χ0) is 29.3. The van der Waals surface area contributed by atoms with E-state index in [-0.39, 0.29) is 35.3 Å². The lowest BCUT2D eigenvalue weighted by atomic mass is 9.45. The maximum atomic E-state index is 14.0. The van der Waals surface area contributed by atoms with Gasteiger partial charge in [0.25, 0.3) is 0 Å². The van der Waals surface area contributed by atoms with E-state index >= 15 is 0 Å². The van der Waals surface area contributed by atoms with E-state index < -0.39 is 40.6 Å². The van der Waals surface area contributed by atoms with E-state index in [0.717, 1.165) is 24.1 Å². The van der Waals surface area contributed by atoms with Crippen LogP contribution < -0.4 is 0 Å². The van der Waals surface area contributed by atoms with Gasteiger partial charge in [-0.25, -0.2) is 13.9 Å². The molecule has 3 fully saturated rings. The highest BCUT2D eigenvalue weighted by Gasteiger charge is 2.70. The van der Waals surface area contributed by atoms with Crippen LogP contribution in [0.5, 0.6) is 0 Å². The number of benzene rings is 1. The summed E-state index contributed by atoms with van der Waals surface area (Å²) in [7, 11) is 1.41. The standard InChI is InChI=1S/C31H37FN2O6S/c1-29-12-18-14-33-34(20-5-7-23(32)17(10-20)15-35)24(18)11-19(29)4-6-21-22-8-9-31(28(38)41,40-26(37)16-39-3)30(22,2)13-25(36)27(21)29/h5,7,10-11,14,21-22,25,27,35-36H,4,6,8-9,12-13,15-16H2,1-3H3,(H,38,41)/t21-,22-,25-,27+,29-,30-,31-/m0/s1. The highest BCUT2D eigenvalue weighted by atomic mass is 32.1. The first-order chi connectivity index (χ1) is 19.5. The van der Waals surface area contributed by atoms with Crippen LogP contribution in [-0.2, 0) is 32.1 Å². The Morgan fingerprint density at radius 2 is 2.05 bits per heavy atom. The normalized spacial score (nSPS) is 35.5. The fraction of sp³-hybridized carbons (Fsp3) is 0.581. The molecule has 6 rings (SSSR count). The topological polar surface area (TPSA) is 111 Å². The predicted molar refractivity (Wildman–Crippen MR) is 152 cm³/mol. The van der Waals surface area contributed by atoms with E-state index in [1.807, 2.05) is 13.1 Å². The number of ether oxygens (including phenoxy) is 2. The summed E-state index contributed by atoms with van der Waals surface area (Å²) in [5.41, 5.74) is 1.68. The number of aliphatic hydroxyl groups is 2. The Morgan fingerprint density at radius 3 is 2.76 bits per heavy atom. The lowest BCUT2D eigenvalue weighted by Crippen LogP contribution is -2.62. The third-order valence-electron chi connectivity index (χ3n) is 10.9. The van der Waals surface area contributed by atoms with Crippen molar-refractivity contribution >= 4 is 29.8 Å². The molecule has 1 heterocycles. The first-order valence-corrected chi connectivity index (χ1v) is 14.7. The molecule has 1 aromatic carbocycles. The second kappa shape index (κ2) is 10.0. The summed E-state index contributed by atoms with van der Waals surface area (Å²) in [4.78, 5) is 25.6. The Hall–Kier alpha value is -2.53. The van der Waals surface area contributed by atoms with Crippen molar-refractivity contribution in [1.82, 2.24) is 9.78 Å². The maximum Gasteiger partial charge on any atom is 0.333 e. The fourth-order valence-corrected chi connectivity index (χ4v) is 9.51. The number of methoxy groups -OCH3 is 1. The summed E-state index contributed by atoms with van der Waals surface area (Å²) in [6, 6.07) is 4.62. The molecule has 41 heavy (non-hydrogen) atoms. The minimum Gasteiger partial charge on any atom is -0.448 e. The van der Waals surface area contributed by atoms with E-state index in [9.17, 15) is 24.2 Å². The van der Waals surface area contributed by atoms with Gasteiger partial charge >= 0.3 is 5.97 Å². The number of thiol groups is 1. The molecule has 4 aliphatic rings. The SMILES string of the molecule is COCC(=O)O[C@]1(C(=O)S)CC[C@H]2[C@@H]3CCC4=Cc5c(cnn5-c5ccc(F)c(CO)c5)C[C@]4(C)[C@H]3[C@@H](O)C[C@@]21C. The Labute approximate surface area is 244 Å². The van der Waals surface area contributed by atoms with E-state index in [2.05, 4.69) is 30.7 Å². The van der Waals surface area contributed by atoms with Crippen LogP contribution in [0, 0.1) is 34.4 Å². The Morgan fingerprint density at radius 1 is 1.27 bits per heavy atom. The van der Waals surface area contributed by atoms with Gasteiger partial charge in [-0.05, 0) is 91.5 Å². The molecule has 7 atom stereocenters. The van der Waals surface area contributed by atoms with Gasteiger partial charge in [-0.2, -0.15) is 5.10 Å². The molecule has 220 valence electrons. The van der Waals surface area contributed by atoms with Crippen LogP contribution in [0.25, 0.3) is 11.8 Å². The molecule has 8 nitrogen and oxygen atoms in total. The molecular weight excluding hydrogens is 547 g/mol. The summed E-state index contributed by atoms with van der Waals surface area (Å²) < 4.78 is 26.7. The molecule has 2 aromatic rings. The monoisotopic (exact) mass is 584 g/mol. The van der Waals surface area contributed by atoms with Gasteiger partial charge < -0.3 is 19.7 Å². The number of esters is 1. The summed E-state index contributed by atoms with van der Waals surface area (Å²) in [5, 5.41) is 25.6. The second-order valence-electron chi connectivity index (χ2n) is 12.8. The van der Waals surface area contributed by atoms with Crippen molar-refractivity contribution < 1.29 is 33.7 Å². The van der Waals surface area contributed by atoms with Gasteiger partial charge in [0.2, 0.25) is 5.12 Å². The molecule has 2 N–H and O–H groups in total. The summed E-state index contributed by atoms with van der Waals surface area (Å²) in [6.07, 6.45) is 7.12. The molecule has 10 heteroatoms. The smallest absolute Gasteiger partial charge is 0.333 e. The third-order valence-corrected chi connectivity index (χ3v) is 11.2. The number of hydrogen-bond acceptors (Lipinski definition) is 7. The van der Waals surface area contributed by atoms with Crippen molar-refractivity contribution in [2.75, 3.05) is 13.7 Å². The maximum absolute atomic E-state index is 14.0. The molecule has 0 aliphatic heterocycles. The number of halogens is 1. The van der Waals surface area contributed by atoms with E-state index in [1.165, 1.54) is 18.7 Å². The number of rotatable bonds is 6. The number of carbonyl (C=O) groups is 2. The lowest BCUT2D eigenvalue weighted by molar-refractivity contribution is -0.198. The van der Waals surface area contributed by atoms with E-state index in [1.54, 1.807) is 16.8 Å². The number of aliphatic hydroxyl groups excluding tert-OH is 2. The van der Waals surface area contributed by atoms with Crippen molar-refractivity contribution in [3.05, 3.63) is 52.6 Å². The molecule has 0 radical (unpaired) electrons. The molecule has 0 unspecified atom stereocenters. The molecule has 4 aliphatic carbocycles. The largest absolute Gasteiger partial charge is 0.448 e. The Balaban J connectivity index is 1.34. The predicted octanol–water partition coefficient (Wildman–Crippen LogP) is 4.04. The lowest BCUT2D eigenvalue weighted by Gasteiger charge is -2.60. The first-order valence-electron chi connectivity index (χ1n) is 14.3. The highest BCUT2D eigenvalue weighted by Crippen LogP contribution is 2.68. The van der Waals surface area contributed by atoms with Crippen LogP contribution in [0.4, 0.5) is 4.39 Å². The van der Waals surface area contributed by atoms with Crippen LogP contribution >= 0.6 is 12.6 Å². The summed E-state index contributed by atoms with van der Waals surface area (Å²) in [6.45, 7) is 3.57. The quantitative estimate of drug-likeness (QED) is 0.347. The van der Waals surface area contributed by atoms with Gasteiger partial charge in [-0.15, -0.1) is 12.6 Å². The third kappa shape index (κ3) is 4.08. The van der Waals surface area contributed by atoms with Crippen LogP contribution in [-0.4, -0.2) is 56.5 Å². The van der Waals surface area contributed by atoms with Gasteiger partial charge in [0.15, 0.2) is 5.60 Å². The Kier molecular flexibility index (Phi) is 7.00. The van der Waals surface area contributed by atoms with Gasteiger partial charge in [-0.3, -0.25) is 4.79 Å². The number of allylic oxidation sites excluding steroid dienone is 1. The van der Waals surface area contributed by atoms with Crippen molar-refractivity contribution in [1.29, 1.82) is 0 Å². The molecule has 0 bridgehead atoms. The van der Waals surface area contributed by atoms with Crippen LogP contribution in [0.2, 0.25) is 0 Å². The molecule has 0 saturated heterocycles. The number of nitrogens with zero attached hydrogens (tertiary/aromatic N) is 2. The summed E-state index contributed by atoms with van der Waals surface area (Å²) >= 11 is 4.22. The number of aromatic nitrogens is 2. The second-order valence-corrected chi connectivity index (χ2v) is 13.2. The van der Waals surface area contributed by atoms with Crippen LogP contribution in [0.3, 0.4) is 0 Å². The minimum atomic E-state index is -1.40. The highest BCUT2D eigenvalue weighted by molar-refractivity contribution is 7.96. The average Bonchev–Trinajstić information content (AvgIpc) is 3.45. The van der Waals surface area contributed by atoms with Crippen molar-refractivity contribution in [2.45, 2.75) is 70.7 Å². The molecule has 1 aromatic heterocycles. The average molecular weight is 585 g/mol. The zero-order valence-electron chi connectivity index (χ0n) is 23.6. The van der Waals surface area contributed by atoms with Gasteiger partial charge in [-0.1, -0.05) is 19.4 Å². The van der Waals surface area contributed by atoms with Crippen molar-refractivity contribution in [3.63, 3.8) is 0 Å².